The number of rotatable bonds is 3. The summed E-state index contributed by atoms with van der Waals surface area (Å²) in [4.78, 5) is 19.1. The van der Waals surface area contributed by atoms with E-state index in [1.807, 2.05) is 14.3 Å². The highest BCUT2D eigenvalue weighted by atomic mass is 19.1. The molecule has 2 aliphatic rings. The van der Waals surface area contributed by atoms with Crippen LogP contribution in [0.5, 0.6) is 0 Å². The minimum Gasteiger partial charge on any atom is -0.337 e. The van der Waals surface area contributed by atoms with E-state index in [2.05, 4.69) is 15.2 Å². The van der Waals surface area contributed by atoms with Crippen LogP contribution in [0.25, 0.3) is 5.69 Å². The first kappa shape index (κ1) is 17.1. The number of piperidine rings is 1. The fourth-order valence-corrected chi connectivity index (χ4v) is 4.29. The molecular formula is C20H21FN6O. The highest BCUT2D eigenvalue weighted by Gasteiger charge is 2.31. The minimum absolute atomic E-state index is 0.00366. The summed E-state index contributed by atoms with van der Waals surface area (Å²) in [6.45, 7) is 1.36. The first-order valence-electron chi connectivity index (χ1n) is 9.71. The number of hydrogen-bond acceptors (Lipinski definition) is 4. The van der Waals surface area contributed by atoms with Crippen LogP contribution in [0, 0.1) is 5.82 Å². The molecule has 1 amide bonds. The summed E-state index contributed by atoms with van der Waals surface area (Å²) < 4.78 is 17.0. The van der Waals surface area contributed by atoms with E-state index in [0.29, 0.717) is 18.8 Å². The van der Waals surface area contributed by atoms with Gasteiger partial charge in [-0.3, -0.25) is 4.79 Å². The molecule has 1 aliphatic heterocycles. The number of aromatic nitrogens is 5. The largest absolute Gasteiger partial charge is 0.337 e. The number of halogens is 1. The van der Waals surface area contributed by atoms with E-state index in [4.69, 9.17) is 0 Å². The SMILES string of the molecule is O=C(c1nn(-c2ccc(F)cc2)c2c1CCC2)N1CCC(n2cncn2)CC1. The molecule has 0 atom stereocenters. The Morgan fingerprint density at radius 2 is 1.89 bits per heavy atom. The van der Waals surface area contributed by atoms with Gasteiger partial charge in [0, 0.05) is 24.3 Å². The van der Waals surface area contributed by atoms with E-state index in [-0.39, 0.29) is 17.8 Å². The first-order chi connectivity index (χ1) is 13.7. The fourth-order valence-electron chi connectivity index (χ4n) is 4.29. The first-order valence-corrected chi connectivity index (χ1v) is 9.71. The Morgan fingerprint density at radius 3 is 2.61 bits per heavy atom. The van der Waals surface area contributed by atoms with Crippen LogP contribution in [0.4, 0.5) is 4.39 Å². The third-order valence-corrected chi connectivity index (χ3v) is 5.77. The van der Waals surface area contributed by atoms with Crippen molar-refractivity contribution in [1.82, 2.24) is 29.4 Å². The Labute approximate surface area is 161 Å². The lowest BCUT2D eigenvalue weighted by molar-refractivity contribution is 0.0682. The van der Waals surface area contributed by atoms with E-state index >= 15 is 0 Å². The van der Waals surface area contributed by atoms with Crippen molar-refractivity contribution in [3.63, 3.8) is 0 Å². The van der Waals surface area contributed by atoms with Crippen molar-refractivity contribution in [2.45, 2.75) is 38.1 Å². The average molecular weight is 380 g/mol. The molecule has 1 saturated heterocycles. The third kappa shape index (κ3) is 2.89. The van der Waals surface area contributed by atoms with Gasteiger partial charge in [-0.15, -0.1) is 0 Å². The molecule has 0 saturated carbocycles. The summed E-state index contributed by atoms with van der Waals surface area (Å²) in [5.74, 6) is -0.282. The molecule has 5 rings (SSSR count). The van der Waals surface area contributed by atoms with Crippen LogP contribution in [0.2, 0.25) is 0 Å². The summed E-state index contributed by atoms with van der Waals surface area (Å²) in [6, 6.07) is 6.55. The van der Waals surface area contributed by atoms with Crippen molar-refractivity contribution >= 4 is 5.91 Å². The zero-order chi connectivity index (χ0) is 19.1. The van der Waals surface area contributed by atoms with Crippen LogP contribution >= 0.6 is 0 Å². The van der Waals surface area contributed by atoms with Crippen molar-refractivity contribution in [1.29, 1.82) is 0 Å². The molecule has 7 nitrogen and oxygen atoms in total. The zero-order valence-electron chi connectivity index (χ0n) is 15.5. The van der Waals surface area contributed by atoms with Crippen LogP contribution in [-0.2, 0) is 12.8 Å². The van der Waals surface area contributed by atoms with Gasteiger partial charge in [0.25, 0.3) is 5.91 Å². The highest BCUT2D eigenvalue weighted by molar-refractivity contribution is 5.94. The second-order valence-corrected chi connectivity index (χ2v) is 7.41. The Bertz CT molecular complexity index is 987. The number of amides is 1. The maximum absolute atomic E-state index is 13.3. The molecule has 8 heteroatoms. The Balaban J connectivity index is 1.38. The number of carbonyl (C=O) groups excluding carboxylic acids is 1. The second kappa shape index (κ2) is 6.85. The summed E-state index contributed by atoms with van der Waals surface area (Å²) >= 11 is 0. The molecule has 1 fully saturated rings. The van der Waals surface area contributed by atoms with E-state index in [9.17, 15) is 9.18 Å². The van der Waals surface area contributed by atoms with Gasteiger partial charge in [0.05, 0.1) is 11.7 Å². The molecule has 1 aromatic carbocycles. The van der Waals surface area contributed by atoms with E-state index < -0.39 is 0 Å². The van der Waals surface area contributed by atoms with Crippen molar-refractivity contribution < 1.29 is 9.18 Å². The van der Waals surface area contributed by atoms with Gasteiger partial charge in [-0.2, -0.15) is 10.2 Å². The topological polar surface area (TPSA) is 68.8 Å². The molecule has 28 heavy (non-hydrogen) atoms. The molecule has 0 spiro atoms. The highest BCUT2D eigenvalue weighted by Crippen LogP contribution is 2.30. The van der Waals surface area contributed by atoms with E-state index in [0.717, 1.165) is 49.0 Å². The van der Waals surface area contributed by atoms with Gasteiger partial charge in [0.1, 0.15) is 18.5 Å². The third-order valence-electron chi connectivity index (χ3n) is 5.77. The maximum atomic E-state index is 13.3. The standard InChI is InChI=1S/C20H21FN6O/c21-14-4-6-16(7-5-14)27-18-3-1-2-17(18)19(24-27)20(28)25-10-8-15(9-11-25)26-13-22-12-23-26/h4-7,12-13,15H,1-3,8-11H2. The van der Waals surface area contributed by atoms with Crippen LogP contribution in [0.3, 0.4) is 0 Å². The predicted octanol–water partition coefficient (Wildman–Crippen LogP) is 2.57. The van der Waals surface area contributed by atoms with Crippen molar-refractivity contribution in [3.05, 3.63) is 59.7 Å². The molecule has 3 aromatic rings. The average Bonchev–Trinajstić information content (AvgIpc) is 3.46. The predicted molar refractivity (Wildman–Crippen MR) is 99.7 cm³/mol. The molecule has 3 heterocycles. The minimum atomic E-state index is -0.279. The van der Waals surface area contributed by atoms with Crippen molar-refractivity contribution in [2.75, 3.05) is 13.1 Å². The molecule has 0 bridgehead atoms. The number of benzene rings is 1. The van der Waals surface area contributed by atoms with Gasteiger partial charge >= 0.3 is 0 Å². The Morgan fingerprint density at radius 1 is 1.11 bits per heavy atom. The molecule has 0 unspecified atom stereocenters. The van der Waals surface area contributed by atoms with Crippen LogP contribution in [-0.4, -0.2) is 48.4 Å². The summed E-state index contributed by atoms with van der Waals surface area (Å²) in [7, 11) is 0. The molecular weight excluding hydrogens is 359 g/mol. The van der Waals surface area contributed by atoms with E-state index in [1.54, 1.807) is 24.8 Å². The fraction of sp³-hybridized carbons (Fsp3) is 0.400. The van der Waals surface area contributed by atoms with E-state index in [1.165, 1.54) is 12.1 Å². The number of hydrogen-bond donors (Lipinski definition) is 0. The summed E-state index contributed by atoms with van der Waals surface area (Å²) in [6.07, 6.45) is 7.77. The normalized spacial score (nSPS) is 17.1. The lowest BCUT2D eigenvalue weighted by atomic mass is 10.0. The van der Waals surface area contributed by atoms with Crippen LogP contribution in [0.1, 0.15) is 47.1 Å². The van der Waals surface area contributed by atoms with Gasteiger partial charge in [0.15, 0.2) is 5.69 Å². The van der Waals surface area contributed by atoms with Gasteiger partial charge in [-0.05, 0) is 56.4 Å². The number of fused-ring (bicyclic) bond motifs is 1. The number of carbonyl (C=O) groups is 1. The van der Waals surface area contributed by atoms with Gasteiger partial charge in [-0.25, -0.2) is 18.7 Å². The second-order valence-electron chi connectivity index (χ2n) is 7.41. The quantitative estimate of drug-likeness (QED) is 0.700. The summed E-state index contributed by atoms with van der Waals surface area (Å²) in [5.41, 5.74) is 3.47. The number of nitrogens with zero attached hydrogens (tertiary/aromatic N) is 6. The summed E-state index contributed by atoms with van der Waals surface area (Å²) in [5, 5.41) is 8.87. The van der Waals surface area contributed by atoms with Crippen molar-refractivity contribution in [3.8, 4) is 5.69 Å². The molecule has 144 valence electrons. The molecule has 0 radical (unpaired) electrons. The molecule has 0 N–H and O–H groups in total. The van der Waals surface area contributed by atoms with Crippen molar-refractivity contribution in [2.24, 2.45) is 0 Å². The lowest BCUT2D eigenvalue weighted by Gasteiger charge is -2.31. The lowest BCUT2D eigenvalue weighted by Crippen LogP contribution is -2.39. The Kier molecular flexibility index (Phi) is 4.18. The molecule has 2 aromatic heterocycles. The van der Waals surface area contributed by atoms with Crippen LogP contribution < -0.4 is 0 Å². The van der Waals surface area contributed by atoms with Crippen LogP contribution in [0.15, 0.2) is 36.9 Å². The van der Waals surface area contributed by atoms with Gasteiger partial charge in [-0.1, -0.05) is 0 Å². The maximum Gasteiger partial charge on any atom is 0.274 e. The smallest absolute Gasteiger partial charge is 0.274 e. The van der Waals surface area contributed by atoms with Gasteiger partial charge < -0.3 is 4.90 Å². The zero-order valence-corrected chi connectivity index (χ0v) is 15.5. The molecule has 1 aliphatic carbocycles. The number of likely N-dealkylation sites (tertiary alicyclic amines) is 1. The Hall–Kier alpha value is -3.03. The monoisotopic (exact) mass is 380 g/mol. The van der Waals surface area contributed by atoms with Gasteiger partial charge in [0.2, 0.25) is 0 Å².